The second-order valence-electron chi connectivity index (χ2n) is 28.5. The third kappa shape index (κ3) is 24.0. The maximum Gasteiger partial charge on any atom is 0.246 e. The highest BCUT2D eigenvalue weighted by molar-refractivity contribution is 6.01. The van der Waals surface area contributed by atoms with Crippen molar-refractivity contribution in [2.75, 3.05) is 32.7 Å². The first-order chi connectivity index (χ1) is 51.1. The molecule has 1 aromatic heterocycles. The van der Waals surface area contributed by atoms with Crippen LogP contribution in [0.15, 0.2) is 96.1 Å². The lowest BCUT2D eigenvalue weighted by Crippen LogP contribution is -2.65. The van der Waals surface area contributed by atoms with Crippen molar-refractivity contribution in [3.05, 3.63) is 108 Å². The van der Waals surface area contributed by atoms with E-state index in [2.05, 4.69) is 47.2 Å². The van der Waals surface area contributed by atoms with Crippen molar-refractivity contribution in [1.82, 2.24) is 56.9 Å². The fourth-order valence-electron chi connectivity index (χ4n) is 14.4. The normalized spacial score (nSPS) is 18.5. The van der Waals surface area contributed by atoms with Gasteiger partial charge in [0.05, 0.1) is 6.04 Å². The fourth-order valence-corrected chi connectivity index (χ4v) is 14.4. The summed E-state index contributed by atoms with van der Waals surface area (Å²) in [6, 6.07) is 12.1. The van der Waals surface area contributed by atoms with Crippen LogP contribution < -0.4 is 77.4 Å². The molecule has 32 nitrogen and oxygen atoms in total. The highest BCUT2D eigenvalue weighted by Gasteiger charge is 2.52. The maximum atomic E-state index is 15.6. The van der Waals surface area contributed by atoms with Gasteiger partial charge in [0.1, 0.15) is 59.9 Å². The van der Waals surface area contributed by atoms with Gasteiger partial charge in [-0.15, -0.1) is 0 Å². The Kier molecular flexibility index (Phi) is 32.0. The highest BCUT2D eigenvalue weighted by atomic mass is 16.2. The summed E-state index contributed by atoms with van der Waals surface area (Å²) < 4.78 is 0. The van der Waals surface area contributed by atoms with Crippen molar-refractivity contribution in [2.45, 2.75) is 222 Å². The molecule has 107 heavy (non-hydrogen) atoms. The van der Waals surface area contributed by atoms with E-state index in [1.54, 1.807) is 66.9 Å². The molecule has 13 amide bonds. The lowest BCUT2D eigenvalue weighted by atomic mass is 9.87. The molecule has 0 unspecified atom stereocenters. The van der Waals surface area contributed by atoms with Crippen LogP contribution in [-0.2, 0) is 81.6 Å². The van der Waals surface area contributed by atoms with Crippen LogP contribution in [0, 0.1) is 5.92 Å². The average Bonchev–Trinajstić information content (AvgIpc) is 1.66. The van der Waals surface area contributed by atoms with E-state index in [1.165, 1.54) is 14.7 Å². The van der Waals surface area contributed by atoms with Gasteiger partial charge >= 0.3 is 0 Å². The van der Waals surface area contributed by atoms with Gasteiger partial charge in [0, 0.05) is 75.4 Å². The number of para-hydroxylation sites is 1. The molecule has 4 aromatic rings. The van der Waals surface area contributed by atoms with E-state index in [0.29, 0.717) is 62.5 Å². The molecule has 7 rings (SSSR count). The van der Waals surface area contributed by atoms with E-state index in [9.17, 15) is 47.9 Å². The number of nitrogens with zero attached hydrogens (tertiary/aromatic N) is 4. The number of guanidine groups is 1. The molecule has 0 radical (unpaired) electrons. The molecule has 22 N–H and O–H groups in total. The molecule has 3 aliphatic heterocycles. The molecule has 3 aromatic carbocycles. The number of aromatic amines is 1. The van der Waals surface area contributed by atoms with Crippen molar-refractivity contribution in [2.24, 2.45) is 51.0 Å². The van der Waals surface area contributed by atoms with Gasteiger partial charge in [-0.2, -0.15) is 0 Å². The van der Waals surface area contributed by atoms with Crippen molar-refractivity contribution in [1.29, 1.82) is 0 Å². The number of nitrogens with two attached hydrogens (primary N) is 7. The first kappa shape index (κ1) is 83.8. The highest BCUT2D eigenvalue weighted by Crippen LogP contribution is 2.36. The Bertz CT molecular complexity index is 3780. The molecule has 3 aliphatic rings. The number of fused-ring (bicyclic) bond motifs is 1. The van der Waals surface area contributed by atoms with Crippen molar-refractivity contribution >= 4 is 93.7 Å². The average molecular weight is 1480 g/mol. The first-order valence-corrected chi connectivity index (χ1v) is 37.2. The number of primary amides is 3. The number of benzene rings is 3. The molecule has 0 spiro atoms. The number of rotatable bonds is 42. The smallest absolute Gasteiger partial charge is 0.246 e. The molecule has 0 aliphatic carbocycles. The summed E-state index contributed by atoms with van der Waals surface area (Å²) in [6.07, 6.45) is 3.92. The van der Waals surface area contributed by atoms with Crippen LogP contribution in [0.25, 0.3) is 10.9 Å². The van der Waals surface area contributed by atoms with Gasteiger partial charge in [-0.05, 0) is 132 Å². The third-order valence-electron chi connectivity index (χ3n) is 19.9. The van der Waals surface area contributed by atoms with E-state index < -0.39 is 168 Å². The van der Waals surface area contributed by atoms with Crippen LogP contribution in [-0.4, -0.2) is 201 Å². The monoisotopic (exact) mass is 1480 g/mol. The topological polar surface area (TPSA) is 526 Å². The SMILES string of the molecule is CCC[C@@]1(C(=O)N[C@H](CC(C)C)C(=O)N[C@@H](Cc2c[nH]c3ccccc23)C(N)=O)CCCN1C(=O)[C@H](Cc1ccccc1)NC(=O)[C@H](Cc1ccccc1)NC(=O)[C@H](CCC(N)=O)NC(=O)[C@H](CCC(N)=O)NC(=O)[C@@H]1CCCN1C(=O)[C@H](CCCCN)NC(=O)[C@@H]1CCCN1C(=O)[C@@H](N)CCCN=C(N)N. The third-order valence-corrected chi connectivity index (χ3v) is 19.9. The number of aromatic nitrogens is 1. The number of amides is 13. The molecule has 0 saturated carbocycles. The largest absolute Gasteiger partial charge is 0.370 e. The number of carbonyl (C=O) groups is 13. The summed E-state index contributed by atoms with van der Waals surface area (Å²) in [4.78, 5) is 196. The number of likely N-dealkylation sites (tertiary alicyclic amines) is 3. The van der Waals surface area contributed by atoms with Crippen LogP contribution >= 0.6 is 0 Å². The quantitative estimate of drug-likeness (QED) is 0.0148. The summed E-state index contributed by atoms with van der Waals surface area (Å²) in [5, 5.41) is 20.3. The minimum Gasteiger partial charge on any atom is -0.370 e. The van der Waals surface area contributed by atoms with Gasteiger partial charge in [0.25, 0.3) is 0 Å². The summed E-state index contributed by atoms with van der Waals surface area (Å²) in [5.74, 6) is -10.0. The van der Waals surface area contributed by atoms with Gasteiger partial charge in [0.15, 0.2) is 5.96 Å². The Morgan fingerprint density at radius 3 is 1.64 bits per heavy atom. The van der Waals surface area contributed by atoms with Crippen LogP contribution in [0.3, 0.4) is 0 Å². The summed E-state index contributed by atoms with van der Waals surface area (Å²) >= 11 is 0. The standard InChI is InChI=1S/C75H109N19O13/c1-4-33-75(73(107)91-56(40-45(2)3)66(100)88-55(63(80)97)43-48-44-84-51-25-12-11-23-49(48)51)34-18-39-94(75)72(106)58(42-47-21-9-6-10-22-47)90-67(101)57(41-46-19-7-5-8-20-46)89-65(99)52(29-31-61(78)95)85-64(98)53(30-32-62(79)96)86-68(102)60-28-17-38-93(60)71(105)54(26-13-14-35-76)87-69(103)59-27-16-37-92(59)70(104)50(77)24-15-36-83-74(81)82/h5-12,19-23,25,44-45,50,52-60,84H,4,13-18,24,26-43,76-77H2,1-3H3,(H2,78,95)(H2,79,96)(H2,80,97)(H,85,98)(H,86,102)(H,87,103)(H,88,100)(H,89,99)(H,90,101)(H,91,107)(H4,81,82,83)/t50-,52-,53-,54-,55-,56+,57-,58-,59-,60-,75-/m0/s1. The van der Waals surface area contributed by atoms with Gasteiger partial charge in [-0.25, -0.2) is 0 Å². The van der Waals surface area contributed by atoms with Gasteiger partial charge in [-0.1, -0.05) is 106 Å². The number of aliphatic imine (C=N–C) groups is 1. The van der Waals surface area contributed by atoms with Crippen molar-refractivity contribution in [3.8, 4) is 0 Å². The molecule has 3 fully saturated rings. The Labute approximate surface area is 623 Å². The molecular weight excluding hydrogens is 1370 g/mol. The van der Waals surface area contributed by atoms with E-state index in [1.807, 2.05) is 45.0 Å². The number of H-pyrrole nitrogens is 1. The van der Waals surface area contributed by atoms with E-state index in [-0.39, 0.29) is 102 Å². The summed E-state index contributed by atoms with van der Waals surface area (Å²) in [7, 11) is 0. The predicted octanol–water partition coefficient (Wildman–Crippen LogP) is -0.695. The summed E-state index contributed by atoms with van der Waals surface area (Å²) in [5.41, 5.74) is 41.3. The fraction of sp³-hybridized carbons (Fsp3) is 0.547. The van der Waals surface area contributed by atoms with Crippen LogP contribution in [0.4, 0.5) is 0 Å². The van der Waals surface area contributed by atoms with E-state index >= 15 is 14.4 Å². The van der Waals surface area contributed by atoms with E-state index in [4.69, 9.17) is 40.1 Å². The van der Waals surface area contributed by atoms with Crippen molar-refractivity contribution in [3.63, 3.8) is 0 Å². The zero-order valence-electron chi connectivity index (χ0n) is 61.5. The lowest BCUT2D eigenvalue weighted by molar-refractivity contribution is -0.149. The molecule has 11 atom stereocenters. The Balaban J connectivity index is 1.10. The second kappa shape index (κ2) is 40.8. The van der Waals surface area contributed by atoms with Gasteiger partial charge in [0.2, 0.25) is 76.8 Å². The molecular formula is C75H109N19O13. The van der Waals surface area contributed by atoms with Gasteiger partial charge in [-0.3, -0.25) is 67.3 Å². The van der Waals surface area contributed by atoms with E-state index in [0.717, 1.165) is 16.5 Å². The maximum absolute atomic E-state index is 15.6. The second-order valence-corrected chi connectivity index (χ2v) is 28.5. The molecule has 32 heteroatoms. The van der Waals surface area contributed by atoms with Crippen molar-refractivity contribution < 1.29 is 62.3 Å². The number of unbranched alkanes of at least 4 members (excludes halogenated alkanes) is 1. The Hall–Kier alpha value is -10.5. The Morgan fingerprint density at radius 1 is 0.542 bits per heavy atom. The predicted molar refractivity (Wildman–Crippen MR) is 400 cm³/mol. The zero-order valence-corrected chi connectivity index (χ0v) is 61.5. The minimum absolute atomic E-state index is 0.0584. The van der Waals surface area contributed by atoms with Crippen LogP contribution in [0.1, 0.15) is 153 Å². The number of carbonyl (C=O) groups excluding carboxylic acids is 13. The Morgan fingerprint density at radius 2 is 1.07 bits per heavy atom. The van der Waals surface area contributed by atoms with Crippen LogP contribution in [0.2, 0.25) is 0 Å². The number of hydrogen-bond donors (Lipinski definition) is 15. The first-order valence-electron chi connectivity index (χ1n) is 37.2. The molecule has 0 bridgehead atoms. The zero-order chi connectivity index (χ0) is 77.9. The minimum atomic E-state index is -1.66. The number of nitrogens with one attached hydrogen (secondary N) is 8. The molecule has 582 valence electrons. The molecule has 4 heterocycles. The number of hydrogen-bond acceptors (Lipinski definition) is 16. The molecule has 3 saturated heterocycles. The van der Waals surface area contributed by atoms with Gasteiger partial charge < -0.3 is 97.0 Å². The lowest BCUT2D eigenvalue weighted by Gasteiger charge is -2.40. The summed E-state index contributed by atoms with van der Waals surface area (Å²) in [6.45, 7) is 6.53. The van der Waals surface area contributed by atoms with Crippen LogP contribution in [0.5, 0.6) is 0 Å².